The van der Waals surface area contributed by atoms with Crippen LogP contribution in [0.25, 0.3) is 12.2 Å². The molecular weight excluding hydrogens is 705 g/mol. The molecule has 0 aromatic heterocycles. The highest BCUT2D eigenvalue weighted by molar-refractivity contribution is 6.12. The van der Waals surface area contributed by atoms with Gasteiger partial charge in [0, 0.05) is 50.6 Å². The van der Waals surface area contributed by atoms with Gasteiger partial charge in [-0.1, -0.05) is 49.9 Å². The van der Waals surface area contributed by atoms with E-state index in [1.54, 1.807) is 9.80 Å². The van der Waals surface area contributed by atoms with Crippen LogP contribution in [0.1, 0.15) is 102 Å². The minimum absolute atomic E-state index is 0.0671. The first-order valence-corrected chi connectivity index (χ1v) is 21.4. The number of piperidine rings is 1. The van der Waals surface area contributed by atoms with Gasteiger partial charge in [0.15, 0.2) is 11.5 Å². The van der Waals surface area contributed by atoms with Crippen molar-refractivity contribution < 1.29 is 23.8 Å². The molecule has 11 nitrogen and oxygen atoms in total. The van der Waals surface area contributed by atoms with Gasteiger partial charge in [-0.2, -0.15) is 0 Å². The van der Waals surface area contributed by atoms with E-state index in [0.29, 0.717) is 49.2 Å². The molecule has 0 radical (unpaired) electrons. The number of anilines is 2. The van der Waals surface area contributed by atoms with Crippen molar-refractivity contribution in [1.29, 1.82) is 0 Å². The molecule has 3 atom stereocenters. The summed E-state index contributed by atoms with van der Waals surface area (Å²) in [6.07, 6.45) is 17.3. The number of carbonyl (C=O) groups excluding carboxylic acids is 2. The van der Waals surface area contributed by atoms with E-state index in [-0.39, 0.29) is 30.0 Å². The van der Waals surface area contributed by atoms with E-state index in [2.05, 4.69) is 58.3 Å². The van der Waals surface area contributed by atoms with E-state index < -0.39 is 0 Å². The van der Waals surface area contributed by atoms with Crippen LogP contribution in [0.5, 0.6) is 0 Å². The number of morpholine rings is 1. The summed E-state index contributed by atoms with van der Waals surface area (Å²) in [5, 5.41) is 0. The second-order valence-electron chi connectivity index (χ2n) is 16.1. The van der Waals surface area contributed by atoms with Crippen LogP contribution < -0.4 is 9.80 Å². The van der Waals surface area contributed by atoms with E-state index in [9.17, 15) is 9.59 Å². The Hall–Kier alpha value is -4.64. The number of amides is 2. The number of nitrogens with zero attached hydrogens (tertiary/aromatic N) is 6. The van der Waals surface area contributed by atoms with Gasteiger partial charge in [-0.3, -0.25) is 19.4 Å². The Morgan fingerprint density at radius 2 is 1.16 bits per heavy atom. The molecule has 2 amide bonds. The van der Waals surface area contributed by atoms with E-state index in [0.717, 1.165) is 81.5 Å². The Balaban J connectivity index is 0.883. The van der Waals surface area contributed by atoms with Crippen LogP contribution in [0.4, 0.5) is 11.4 Å². The van der Waals surface area contributed by atoms with Gasteiger partial charge < -0.3 is 24.0 Å². The molecule has 0 spiro atoms. The zero-order valence-corrected chi connectivity index (χ0v) is 33.2. The molecule has 8 rings (SSSR count). The first-order valence-electron chi connectivity index (χ1n) is 21.4. The average Bonchev–Trinajstić information content (AvgIpc) is 3.70. The van der Waals surface area contributed by atoms with Crippen molar-refractivity contribution in [1.82, 2.24) is 9.80 Å². The Morgan fingerprint density at radius 1 is 0.625 bits per heavy atom. The zero-order chi connectivity index (χ0) is 38.4. The van der Waals surface area contributed by atoms with Gasteiger partial charge in [-0.15, -0.1) is 0 Å². The highest BCUT2D eigenvalue weighted by atomic mass is 16.5. The Kier molecular flexibility index (Phi) is 12.1. The highest BCUT2D eigenvalue weighted by Gasteiger charge is 2.38. The first kappa shape index (κ1) is 38.2. The van der Waals surface area contributed by atoms with Gasteiger partial charge in [0.2, 0.25) is 0 Å². The fraction of sp³-hybridized carbons (Fsp3) is 0.556. The number of hydrogen-bond acceptors (Lipinski definition) is 9. The number of aliphatic imine (C=N–C) groups is 2. The van der Waals surface area contributed by atoms with Crippen LogP contribution >= 0.6 is 0 Å². The summed E-state index contributed by atoms with van der Waals surface area (Å²) in [5.41, 5.74) is 4.24. The van der Waals surface area contributed by atoms with Gasteiger partial charge >= 0.3 is 12.0 Å². The van der Waals surface area contributed by atoms with E-state index in [1.807, 2.05) is 26.0 Å². The summed E-state index contributed by atoms with van der Waals surface area (Å²) >= 11 is 0. The maximum absolute atomic E-state index is 13.4. The normalized spacial score (nSPS) is 28.2. The first-order chi connectivity index (χ1) is 27.4. The summed E-state index contributed by atoms with van der Waals surface area (Å²) in [5.74, 6) is 0.760. The largest absolute Gasteiger partial charge is 0.420 e. The summed E-state index contributed by atoms with van der Waals surface area (Å²) in [6.45, 7) is 9.46. The molecule has 2 aliphatic carbocycles. The summed E-state index contributed by atoms with van der Waals surface area (Å²) in [7, 11) is 0. The Morgan fingerprint density at radius 3 is 1.75 bits per heavy atom. The molecule has 4 aliphatic heterocycles. The third-order valence-electron chi connectivity index (χ3n) is 12.3. The number of rotatable bonds is 9. The van der Waals surface area contributed by atoms with Crippen LogP contribution in [0.15, 0.2) is 70.0 Å². The van der Waals surface area contributed by atoms with Crippen molar-refractivity contribution in [2.75, 3.05) is 55.7 Å². The molecule has 3 unspecified atom stereocenters. The Labute approximate surface area is 332 Å². The molecule has 4 heterocycles. The Bertz CT molecular complexity index is 1830. The molecular formula is C45H58N6O5. The number of carbonyl (C=O) groups is 2. The quantitative estimate of drug-likeness (QED) is 0.243. The second kappa shape index (κ2) is 17.7. The predicted molar refractivity (Wildman–Crippen MR) is 221 cm³/mol. The fourth-order valence-electron chi connectivity index (χ4n) is 9.16. The SMILES string of the molecule is CCN1C(=O)/C(=C\c2ccc(N3CCOC(C4CCCC(N=C5O/C(=C/c6ccc(N7CCCCC7)cc6)C(=O)N5CC)C4)C3)cc2)OC1=NC1CCCCC1. The van der Waals surface area contributed by atoms with Gasteiger partial charge in [0.1, 0.15) is 0 Å². The van der Waals surface area contributed by atoms with Gasteiger partial charge in [-0.05, 0) is 119 Å². The van der Waals surface area contributed by atoms with E-state index >= 15 is 0 Å². The maximum Gasteiger partial charge on any atom is 0.300 e. The van der Waals surface area contributed by atoms with Crippen molar-refractivity contribution in [3.63, 3.8) is 0 Å². The van der Waals surface area contributed by atoms with Crippen molar-refractivity contribution in [3.05, 3.63) is 71.2 Å². The van der Waals surface area contributed by atoms with E-state index in [1.165, 1.54) is 44.2 Å². The van der Waals surface area contributed by atoms with Crippen molar-refractivity contribution in [2.24, 2.45) is 15.9 Å². The third kappa shape index (κ3) is 8.67. The fourth-order valence-corrected chi connectivity index (χ4v) is 9.16. The summed E-state index contributed by atoms with van der Waals surface area (Å²) in [6, 6.07) is 18.0. The standard InChI is InChI=1S/C45H58N6O5/c1-3-50-42(52)39(55-44(50)46-35-13-7-5-8-14-35)29-33-18-22-38(23-19-33)49-26-27-54-41(31-49)34-12-11-15-36(30-34)47-45-51(4-2)43(53)40(56-45)28-32-16-20-37(21-17-32)48-24-9-6-10-25-48/h16-23,28-29,34-36,41H,3-15,24-27,30-31H2,1-2H3/b39-29+,40-28+,46-44?,47-45?. The average molecular weight is 763 g/mol. The third-order valence-corrected chi connectivity index (χ3v) is 12.3. The van der Waals surface area contributed by atoms with Crippen LogP contribution in [-0.4, -0.2) is 97.7 Å². The molecule has 6 aliphatic rings. The molecule has 6 fully saturated rings. The molecule has 56 heavy (non-hydrogen) atoms. The number of ether oxygens (including phenoxy) is 3. The zero-order valence-electron chi connectivity index (χ0n) is 33.2. The van der Waals surface area contributed by atoms with Crippen molar-refractivity contribution >= 4 is 47.4 Å². The van der Waals surface area contributed by atoms with Crippen LogP contribution in [0.3, 0.4) is 0 Å². The maximum atomic E-state index is 13.4. The summed E-state index contributed by atoms with van der Waals surface area (Å²) < 4.78 is 18.6. The van der Waals surface area contributed by atoms with Gasteiger partial charge in [0.25, 0.3) is 11.8 Å². The number of amidine groups is 2. The van der Waals surface area contributed by atoms with Crippen molar-refractivity contribution in [3.8, 4) is 0 Å². The molecule has 2 aromatic carbocycles. The molecule has 298 valence electrons. The lowest BCUT2D eigenvalue weighted by atomic mass is 9.82. The smallest absolute Gasteiger partial charge is 0.300 e. The van der Waals surface area contributed by atoms with Crippen LogP contribution in [-0.2, 0) is 23.8 Å². The molecule has 0 N–H and O–H groups in total. The topological polar surface area (TPSA) is 99.5 Å². The van der Waals surface area contributed by atoms with Gasteiger partial charge in [-0.25, -0.2) is 9.98 Å². The lowest BCUT2D eigenvalue weighted by Gasteiger charge is -2.40. The number of hydrogen-bond donors (Lipinski definition) is 0. The lowest BCUT2D eigenvalue weighted by molar-refractivity contribution is -0.123. The molecule has 2 aromatic rings. The molecule has 2 saturated carbocycles. The highest BCUT2D eigenvalue weighted by Crippen LogP contribution is 2.34. The summed E-state index contributed by atoms with van der Waals surface area (Å²) in [4.78, 5) is 44.6. The molecule has 0 bridgehead atoms. The lowest BCUT2D eigenvalue weighted by Crippen LogP contribution is -2.47. The monoisotopic (exact) mass is 762 g/mol. The molecule has 11 heteroatoms. The van der Waals surface area contributed by atoms with Crippen molar-refractivity contribution in [2.45, 2.75) is 109 Å². The predicted octanol–water partition coefficient (Wildman–Crippen LogP) is 7.63. The van der Waals surface area contributed by atoms with E-state index in [4.69, 9.17) is 24.2 Å². The van der Waals surface area contributed by atoms with Crippen LogP contribution in [0.2, 0.25) is 0 Å². The molecule has 4 saturated heterocycles. The minimum atomic E-state index is -0.134. The minimum Gasteiger partial charge on any atom is -0.420 e. The van der Waals surface area contributed by atoms with Gasteiger partial charge in [0.05, 0.1) is 24.8 Å². The number of likely N-dealkylation sites (N-methyl/N-ethyl adjacent to an activating group) is 2. The van der Waals surface area contributed by atoms with Crippen LogP contribution in [0, 0.1) is 5.92 Å². The second-order valence-corrected chi connectivity index (χ2v) is 16.1. The number of benzene rings is 2.